The molecule has 1 saturated heterocycles. The highest BCUT2D eigenvalue weighted by atomic mass is 19.3. The van der Waals surface area contributed by atoms with E-state index in [1.54, 1.807) is 18.2 Å². The van der Waals surface area contributed by atoms with Crippen LogP contribution in [0.5, 0.6) is 0 Å². The van der Waals surface area contributed by atoms with Crippen LogP contribution in [0.25, 0.3) is 0 Å². The Bertz CT molecular complexity index is 465. The van der Waals surface area contributed by atoms with Gasteiger partial charge in [-0.15, -0.1) is 0 Å². The zero-order valence-corrected chi connectivity index (χ0v) is 12.2. The van der Waals surface area contributed by atoms with Gasteiger partial charge in [0.25, 0.3) is 5.92 Å². The summed E-state index contributed by atoms with van der Waals surface area (Å²) >= 11 is 0. The first-order valence-electron chi connectivity index (χ1n) is 7.93. The van der Waals surface area contributed by atoms with Gasteiger partial charge in [-0.25, -0.2) is 0 Å². The van der Waals surface area contributed by atoms with Crippen LogP contribution in [0.2, 0.25) is 0 Å². The highest BCUT2D eigenvalue weighted by molar-refractivity contribution is 5.20. The normalized spacial score (nSPS) is 30.9. The minimum Gasteiger partial charge on any atom is -0.393 e. The molecule has 1 aliphatic heterocycles. The van der Waals surface area contributed by atoms with E-state index in [0.717, 1.165) is 38.6 Å². The highest BCUT2D eigenvalue weighted by Crippen LogP contribution is 2.38. The number of likely N-dealkylation sites (tertiary alicyclic amines) is 1. The van der Waals surface area contributed by atoms with E-state index >= 15 is 0 Å². The summed E-state index contributed by atoms with van der Waals surface area (Å²) in [5, 5.41) is 10.1. The first-order valence-corrected chi connectivity index (χ1v) is 7.93. The van der Waals surface area contributed by atoms with Gasteiger partial charge in [0.15, 0.2) is 0 Å². The number of hydrogen-bond acceptors (Lipinski definition) is 2. The van der Waals surface area contributed by atoms with Crippen LogP contribution >= 0.6 is 0 Å². The first-order chi connectivity index (χ1) is 10.1. The molecular weight excluding hydrogens is 272 g/mol. The van der Waals surface area contributed by atoms with Crippen LogP contribution in [-0.2, 0) is 5.92 Å². The molecule has 2 aliphatic rings. The Morgan fingerprint density at radius 3 is 2.52 bits per heavy atom. The number of nitrogens with zero attached hydrogens (tertiary/aromatic N) is 1. The number of rotatable bonds is 4. The van der Waals surface area contributed by atoms with E-state index in [1.807, 2.05) is 4.90 Å². The fraction of sp³-hybridized carbons (Fsp3) is 0.647. The molecule has 0 aromatic heterocycles. The fourth-order valence-electron chi connectivity index (χ4n) is 3.98. The maximum atomic E-state index is 14.5. The molecule has 1 aromatic rings. The molecule has 2 fully saturated rings. The third kappa shape index (κ3) is 3.11. The molecule has 21 heavy (non-hydrogen) atoms. The average molecular weight is 295 g/mol. The van der Waals surface area contributed by atoms with Crippen LogP contribution in [-0.4, -0.2) is 35.2 Å². The molecular formula is C17H23F2NO. The second-order valence-corrected chi connectivity index (χ2v) is 6.41. The number of halogens is 2. The Labute approximate surface area is 124 Å². The predicted molar refractivity (Wildman–Crippen MR) is 78.3 cm³/mol. The number of alkyl halides is 2. The third-order valence-corrected chi connectivity index (χ3v) is 5.04. The number of aliphatic hydroxyl groups is 1. The van der Waals surface area contributed by atoms with Gasteiger partial charge in [-0.1, -0.05) is 36.8 Å². The summed E-state index contributed by atoms with van der Waals surface area (Å²) in [5.74, 6) is -2.65. The van der Waals surface area contributed by atoms with Gasteiger partial charge in [0.2, 0.25) is 0 Å². The molecule has 1 saturated carbocycles. The average Bonchev–Trinajstić information content (AvgIpc) is 3.08. The quantitative estimate of drug-likeness (QED) is 0.920. The SMILES string of the molecule is OC1CCCC1C1CCCN1CC(F)(F)c1ccccc1. The van der Waals surface area contributed by atoms with Crippen molar-refractivity contribution in [3.8, 4) is 0 Å². The van der Waals surface area contributed by atoms with Crippen LogP contribution in [0.1, 0.15) is 37.7 Å². The summed E-state index contributed by atoms with van der Waals surface area (Å²) in [6, 6.07) is 8.19. The van der Waals surface area contributed by atoms with Gasteiger partial charge >= 0.3 is 0 Å². The molecule has 1 aliphatic carbocycles. The van der Waals surface area contributed by atoms with Crippen molar-refractivity contribution in [3.05, 3.63) is 35.9 Å². The lowest BCUT2D eigenvalue weighted by molar-refractivity contribution is -0.0511. The summed E-state index contributed by atoms with van der Waals surface area (Å²) in [7, 11) is 0. The minimum absolute atomic E-state index is 0.0858. The van der Waals surface area contributed by atoms with E-state index in [4.69, 9.17) is 0 Å². The van der Waals surface area contributed by atoms with E-state index in [2.05, 4.69) is 0 Å². The van der Waals surface area contributed by atoms with E-state index in [1.165, 1.54) is 12.1 Å². The standard InChI is InChI=1S/C17H23F2NO/c18-17(19,13-6-2-1-3-7-13)12-20-11-5-9-15(20)14-8-4-10-16(14)21/h1-3,6-7,14-16,21H,4-5,8-12H2. The Morgan fingerprint density at radius 2 is 1.86 bits per heavy atom. The third-order valence-electron chi connectivity index (χ3n) is 5.04. The molecule has 1 N–H and O–H groups in total. The van der Waals surface area contributed by atoms with Crippen molar-refractivity contribution in [2.75, 3.05) is 13.1 Å². The largest absolute Gasteiger partial charge is 0.393 e. The molecule has 0 bridgehead atoms. The molecule has 3 rings (SSSR count). The highest BCUT2D eigenvalue weighted by Gasteiger charge is 2.42. The van der Waals surface area contributed by atoms with Crippen molar-refractivity contribution in [2.45, 2.75) is 50.2 Å². The maximum absolute atomic E-state index is 14.5. The molecule has 3 atom stereocenters. The number of hydrogen-bond donors (Lipinski definition) is 1. The zero-order valence-electron chi connectivity index (χ0n) is 12.2. The number of aliphatic hydroxyl groups excluding tert-OH is 1. The summed E-state index contributed by atoms with van der Waals surface area (Å²) in [4.78, 5) is 1.91. The smallest absolute Gasteiger partial charge is 0.285 e. The van der Waals surface area contributed by atoms with Crippen LogP contribution in [0.3, 0.4) is 0 Å². The van der Waals surface area contributed by atoms with Gasteiger partial charge in [0, 0.05) is 17.5 Å². The van der Waals surface area contributed by atoms with Gasteiger partial charge in [-0.2, -0.15) is 8.78 Å². The monoisotopic (exact) mass is 295 g/mol. The van der Waals surface area contributed by atoms with Crippen molar-refractivity contribution in [3.63, 3.8) is 0 Å². The van der Waals surface area contributed by atoms with Gasteiger partial charge in [-0.3, -0.25) is 4.90 Å². The molecule has 0 amide bonds. The van der Waals surface area contributed by atoms with Crippen molar-refractivity contribution in [1.29, 1.82) is 0 Å². The van der Waals surface area contributed by atoms with Crippen LogP contribution in [0, 0.1) is 5.92 Å². The Kier molecular flexibility index (Phi) is 4.27. The van der Waals surface area contributed by atoms with Crippen LogP contribution < -0.4 is 0 Å². The Morgan fingerprint density at radius 1 is 1.10 bits per heavy atom. The number of benzene rings is 1. The second-order valence-electron chi connectivity index (χ2n) is 6.41. The van der Waals surface area contributed by atoms with Crippen molar-refractivity contribution >= 4 is 0 Å². The summed E-state index contributed by atoms with van der Waals surface area (Å²) in [5.41, 5.74) is 0.0858. The van der Waals surface area contributed by atoms with Crippen molar-refractivity contribution in [2.24, 2.45) is 5.92 Å². The summed E-state index contributed by atoms with van der Waals surface area (Å²) in [6.45, 7) is 0.487. The molecule has 1 aromatic carbocycles. The lowest BCUT2D eigenvalue weighted by Crippen LogP contribution is -2.43. The fourth-order valence-corrected chi connectivity index (χ4v) is 3.98. The van der Waals surface area contributed by atoms with Crippen molar-refractivity contribution < 1.29 is 13.9 Å². The van der Waals surface area contributed by atoms with Gasteiger partial charge in [0.1, 0.15) is 0 Å². The molecule has 3 unspecified atom stereocenters. The van der Waals surface area contributed by atoms with Crippen LogP contribution in [0.4, 0.5) is 8.78 Å². The first kappa shape index (κ1) is 14.9. The van der Waals surface area contributed by atoms with Gasteiger partial charge in [0.05, 0.1) is 12.6 Å². The Hall–Kier alpha value is -1.00. The molecule has 4 heteroatoms. The topological polar surface area (TPSA) is 23.5 Å². The predicted octanol–water partition coefficient (Wildman–Crippen LogP) is 3.40. The molecule has 0 radical (unpaired) electrons. The van der Waals surface area contributed by atoms with E-state index < -0.39 is 5.92 Å². The maximum Gasteiger partial charge on any atom is 0.285 e. The van der Waals surface area contributed by atoms with Gasteiger partial charge in [-0.05, 0) is 32.2 Å². The lowest BCUT2D eigenvalue weighted by atomic mass is 9.93. The molecule has 1 heterocycles. The minimum atomic E-state index is -2.83. The van der Waals surface area contributed by atoms with E-state index in [9.17, 15) is 13.9 Å². The second kappa shape index (κ2) is 6.01. The van der Waals surface area contributed by atoms with Gasteiger partial charge < -0.3 is 5.11 Å². The van der Waals surface area contributed by atoms with Crippen molar-refractivity contribution in [1.82, 2.24) is 4.90 Å². The summed E-state index contributed by atoms with van der Waals surface area (Å²) < 4.78 is 28.9. The van der Waals surface area contributed by atoms with Crippen LogP contribution in [0.15, 0.2) is 30.3 Å². The van der Waals surface area contributed by atoms with E-state index in [-0.39, 0.29) is 30.2 Å². The molecule has 0 spiro atoms. The zero-order chi connectivity index (χ0) is 14.9. The Balaban J connectivity index is 1.71. The molecule has 116 valence electrons. The molecule has 2 nitrogen and oxygen atoms in total. The summed E-state index contributed by atoms with van der Waals surface area (Å²) in [6.07, 6.45) is 4.40. The lowest BCUT2D eigenvalue weighted by Gasteiger charge is -2.33. The van der Waals surface area contributed by atoms with E-state index in [0.29, 0.717) is 0 Å².